The number of methoxy groups -OCH3 is 1. The molecular formula is C15H25FN2O2. The monoisotopic (exact) mass is 284 g/mol. The van der Waals surface area contributed by atoms with E-state index in [1.165, 1.54) is 13.2 Å². The number of rotatable bonds is 8. The molecule has 0 aliphatic carbocycles. The van der Waals surface area contributed by atoms with Gasteiger partial charge in [-0.05, 0) is 37.0 Å². The van der Waals surface area contributed by atoms with Gasteiger partial charge in [0.25, 0.3) is 0 Å². The van der Waals surface area contributed by atoms with Crippen molar-refractivity contribution >= 4 is 0 Å². The van der Waals surface area contributed by atoms with Crippen LogP contribution in [-0.2, 0) is 11.2 Å². The first-order valence-electron chi connectivity index (χ1n) is 6.93. The maximum atomic E-state index is 13.7. The van der Waals surface area contributed by atoms with Gasteiger partial charge in [-0.1, -0.05) is 19.9 Å². The molecule has 0 heterocycles. The molecule has 1 aromatic carbocycles. The molecule has 0 saturated carbocycles. The molecule has 0 saturated heterocycles. The Morgan fingerprint density at radius 3 is 2.50 bits per heavy atom. The zero-order chi connectivity index (χ0) is 15.1. The van der Waals surface area contributed by atoms with E-state index in [0.717, 1.165) is 5.56 Å². The summed E-state index contributed by atoms with van der Waals surface area (Å²) in [5.74, 6) is 5.84. The Labute approximate surface area is 120 Å². The van der Waals surface area contributed by atoms with Crippen LogP contribution in [0.1, 0.15) is 26.3 Å². The van der Waals surface area contributed by atoms with E-state index in [1.807, 2.05) is 13.0 Å². The van der Waals surface area contributed by atoms with E-state index in [0.29, 0.717) is 18.9 Å². The third-order valence-electron chi connectivity index (χ3n) is 3.30. The number of hydrogen-bond donors (Lipinski definition) is 2. The molecule has 0 bridgehead atoms. The predicted octanol–water partition coefficient (Wildman–Crippen LogP) is 2.27. The van der Waals surface area contributed by atoms with E-state index in [4.69, 9.17) is 15.3 Å². The molecule has 3 N–H and O–H groups in total. The number of nitrogens with one attached hydrogen (secondary N) is 1. The molecule has 0 aromatic heterocycles. The molecule has 0 spiro atoms. The second-order valence-corrected chi connectivity index (χ2v) is 5.11. The van der Waals surface area contributed by atoms with Gasteiger partial charge in [-0.15, -0.1) is 0 Å². The molecule has 1 aromatic rings. The summed E-state index contributed by atoms with van der Waals surface area (Å²) in [6, 6.07) is 4.88. The van der Waals surface area contributed by atoms with Crippen LogP contribution in [0.5, 0.6) is 5.75 Å². The van der Waals surface area contributed by atoms with Crippen molar-refractivity contribution in [2.75, 3.05) is 13.7 Å². The lowest BCUT2D eigenvalue weighted by Gasteiger charge is -2.29. The Bertz CT molecular complexity index is 413. The fraction of sp³-hybridized carbons (Fsp3) is 0.600. The lowest BCUT2D eigenvalue weighted by molar-refractivity contribution is 0.00354. The summed E-state index contributed by atoms with van der Waals surface area (Å²) in [5, 5.41) is 0. The minimum absolute atomic E-state index is 0.0184. The topological polar surface area (TPSA) is 56.5 Å². The van der Waals surface area contributed by atoms with Crippen molar-refractivity contribution in [3.63, 3.8) is 0 Å². The minimum Gasteiger partial charge on any atom is -0.494 e. The van der Waals surface area contributed by atoms with Crippen LogP contribution in [0, 0.1) is 11.7 Å². The first kappa shape index (κ1) is 16.9. The van der Waals surface area contributed by atoms with E-state index >= 15 is 0 Å². The minimum atomic E-state index is -0.363. The van der Waals surface area contributed by atoms with Crippen LogP contribution < -0.4 is 16.0 Å². The first-order chi connectivity index (χ1) is 9.53. The van der Waals surface area contributed by atoms with Crippen LogP contribution in [0.4, 0.5) is 4.39 Å². The van der Waals surface area contributed by atoms with Gasteiger partial charge in [0, 0.05) is 6.61 Å². The standard InChI is InChI=1S/C15H25FN2O2/c1-5-20-15(10(2)3)13(18-17)9-11-6-7-14(19-4)12(16)8-11/h6-8,10,13,15,18H,5,9,17H2,1-4H3. The van der Waals surface area contributed by atoms with Crippen molar-refractivity contribution in [3.05, 3.63) is 29.6 Å². The highest BCUT2D eigenvalue weighted by Gasteiger charge is 2.24. The molecule has 1 rings (SSSR count). The second kappa shape index (κ2) is 8.19. The van der Waals surface area contributed by atoms with E-state index in [9.17, 15) is 4.39 Å². The fourth-order valence-corrected chi connectivity index (χ4v) is 2.33. The lowest BCUT2D eigenvalue weighted by Crippen LogP contribution is -2.48. The Morgan fingerprint density at radius 1 is 1.35 bits per heavy atom. The summed E-state index contributed by atoms with van der Waals surface area (Å²) < 4.78 is 24.4. The van der Waals surface area contributed by atoms with Crippen LogP contribution in [0.15, 0.2) is 18.2 Å². The first-order valence-corrected chi connectivity index (χ1v) is 6.93. The van der Waals surface area contributed by atoms with Gasteiger partial charge in [0.2, 0.25) is 0 Å². The highest BCUT2D eigenvalue weighted by molar-refractivity contribution is 5.29. The van der Waals surface area contributed by atoms with Gasteiger partial charge in [-0.2, -0.15) is 0 Å². The molecule has 5 heteroatoms. The SMILES string of the molecule is CCOC(C(C)C)C(Cc1ccc(OC)c(F)c1)NN. The quantitative estimate of drug-likeness (QED) is 0.568. The van der Waals surface area contributed by atoms with Crippen LogP contribution >= 0.6 is 0 Å². The van der Waals surface area contributed by atoms with Gasteiger partial charge in [0.05, 0.1) is 19.3 Å². The van der Waals surface area contributed by atoms with Crippen molar-refractivity contribution in [1.29, 1.82) is 0 Å². The van der Waals surface area contributed by atoms with Crippen molar-refractivity contribution in [3.8, 4) is 5.75 Å². The van der Waals surface area contributed by atoms with Gasteiger partial charge < -0.3 is 9.47 Å². The molecule has 2 unspecified atom stereocenters. The lowest BCUT2D eigenvalue weighted by atomic mass is 9.94. The zero-order valence-corrected chi connectivity index (χ0v) is 12.7. The number of nitrogens with two attached hydrogens (primary N) is 1. The van der Waals surface area contributed by atoms with Crippen LogP contribution in [0.25, 0.3) is 0 Å². The average molecular weight is 284 g/mol. The molecule has 0 aliphatic heterocycles. The third kappa shape index (κ3) is 4.44. The second-order valence-electron chi connectivity index (χ2n) is 5.11. The summed E-state index contributed by atoms with van der Waals surface area (Å²) in [4.78, 5) is 0. The summed E-state index contributed by atoms with van der Waals surface area (Å²) >= 11 is 0. The molecule has 2 atom stereocenters. The number of hydrazine groups is 1. The van der Waals surface area contributed by atoms with E-state index < -0.39 is 0 Å². The molecular weight excluding hydrogens is 259 g/mol. The van der Waals surface area contributed by atoms with Gasteiger partial charge in [0.1, 0.15) is 0 Å². The predicted molar refractivity (Wildman–Crippen MR) is 78.0 cm³/mol. The van der Waals surface area contributed by atoms with Gasteiger partial charge in [-0.3, -0.25) is 11.3 Å². The van der Waals surface area contributed by atoms with E-state index in [2.05, 4.69) is 19.3 Å². The van der Waals surface area contributed by atoms with Crippen LogP contribution in [0.3, 0.4) is 0 Å². The largest absolute Gasteiger partial charge is 0.494 e. The molecule has 0 radical (unpaired) electrons. The fourth-order valence-electron chi connectivity index (χ4n) is 2.33. The summed E-state index contributed by atoms with van der Waals surface area (Å²) in [5.41, 5.74) is 3.64. The van der Waals surface area contributed by atoms with Crippen molar-refractivity contribution in [2.45, 2.75) is 39.3 Å². The Hall–Kier alpha value is -1.17. The summed E-state index contributed by atoms with van der Waals surface area (Å²) in [7, 11) is 1.45. The highest BCUT2D eigenvalue weighted by atomic mass is 19.1. The number of halogens is 1. The number of benzene rings is 1. The van der Waals surface area contributed by atoms with Crippen LogP contribution in [0.2, 0.25) is 0 Å². The molecule has 0 amide bonds. The van der Waals surface area contributed by atoms with Gasteiger partial charge >= 0.3 is 0 Å². The van der Waals surface area contributed by atoms with Crippen LogP contribution in [-0.4, -0.2) is 25.9 Å². The zero-order valence-electron chi connectivity index (χ0n) is 12.7. The average Bonchev–Trinajstić information content (AvgIpc) is 2.42. The molecule has 20 heavy (non-hydrogen) atoms. The Morgan fingerprint density at radius 2 is 2.05 bits per heavy atom. The smallest absolute Gasteiger partial charge is 0.165 e. The number of ether oxygens (including phenoxy) is 2. The van der Waals surface area contributed by atoms with Crippen molar-refractivity contribution in [2.24, 2.45) is 11.8 Å². The van der Waals surface area contributed by atoms with Gasteiger partial charge in [-0.25, -0.2) is 4.39 Å². The Kier molecular flexibility index (Phi) is 6.91. The highest BCUT2D eigenvalue weighted by Crippen LogP contribution is 2.20. The van der Waals surface area contributed by atoms with E-state index in [-0.39, 0.29) is 23.7 Å². The third-order valence-corrected chi connectivity index (χ3v) is 3.30. The number of hydrogen-bond acceptors (Lipinski definition) is 4. The van der Waals surface area contributed by atoms with Gasteiger partial charge in [0.15, 0.2) is 11.6 Å². The van der Waals surface area contributed by atoms with E-state index in [1.54, 1.807) is 6.07 Å². The molecule has 114 valence electrons. The van der Waals surface area contributed by atoms with Crippen molar-refractivity contribution < 1.29 is 13.9 Å². The molecule has 4 nitrogen and oxygen atoms in total. The van der Waals surface area contributed by atoms with Crippen molar-refractivity contribution in [1.82, 2.24) is 5.43 Å². The summed E-state index contributed by atoms with van der Waals surface area (Å²) in [6.07, 6.45) is 0.579. The Balaban J connectivity index is 2.84. The maximum Gasteiger partial charge on any atom is 0.165 e. The summed E-state index contributed by atoms with van der Waals surface area (Å²) in [6.45, 7) is 6.74. The molecule has 0 fully saturated rings. The molecule has 0 aliphatic rings. The maximum absolute atomic E-state index is 13.7. The normalized spacial score (nSPS) is 14.3.